The minimum absolute atomic E-state index is 0.0701. The van der Waals surface area contributed by atoms with Gasteiger partial charge < -0.3 is 15.5 Å². The Morgan fingerprint density at radius 2 is 2.12 bits per heavy atom. The van der Waals surface area contributed by atoms with Crippen LogP contribution in [-0.4, -0.2) is 38.3 Å². The van der Waals surface area contributed by atoms with Gasteiger partial charge in [0.2, 0.25) is 0 Å². The van der Waals surface area contributed by atoms with Gasteiger partial charge in [-0.2, -0.15) is 0 Å². The van der Waals surface area contributed by atoms with Gasteiger partial charge in [0.05, 0.1) is 12.4 Å². The summed E-state index contributed by atoms with van der Waals surface area (Å²) in [5, 5.41) is 20.5. The number of carboxylic acids is 1. The van der Waals surface area contributed by atoms with E-state index in [4.69, 9.17) is 10.2 Å². The molecule has 6 nitrogen and oxygen atoms in total. The van der Waals surface area contributed by atoms with Crippen molar-refractivity contribution in [2.75, 3.05) is 11.9 Å². The van der Waals surface area contributed by atoms with Crippen LogP contribution in [0.2, 0.25) is 0 Å². The number of hydrogen-bond donors (Lipinski definition) is 3. The van der Waals surface area contributed by atoms with Gasteiger partial charge in [0.25, 0.3) is 0 Å². The van der Waals surface area contributed by atoms with E-state index in [2.05, 4.69) is 15.3 Å². The van der Waals surface area contributed by atoms with E-state index in [9.17, 15) is 4.79 Å². The number of aliphatic hydroxyl groups excluding tert-OH is 1. The summed E-state index contributed by atoms with van der Waals surface area (Å²) in [6.07, 6.45) is 3.12. The van der Waals surface area contributed by atoms with Crippen molar-refractivity contribution in [3.8, 4) is 0 Å². The summed E-state index contributed by atoms with van der Waals surface area (Å²) >= 11 is 0. The number of nitrogens with one attached hydrogen (secondary N) is 1. The summed E-state index contributed by atoms with van der Waals surface area (Å²) in [7, 11) is 0. The second-order valence-corrected chi connectivity index (χ2v) is 4.07. The van der Waals surface area contributed by atoms with E-state index in [-0.39, 0.29) is 17.8 Å². The molecule has 1 rings (SSSR count). The fraction of sp³-hybridized carbons (Fsp3) is 0.500. The lowest BCUT2D eigenvalue weighted by atomic mass is 10.0. The lowest BCUT2D eigenvalue weighted by Crippen LogP contribution is -2.32. The Balaban J connectivity index is 2.72. The summed E-state index contributed by atoms with van der Waals surface area (Å²) < 4.78 is 0. The first-order valence-corrected chi connectivity index (χ1v) is 4.89. The molecular weight excluding hydrogens is 210 g/mol. The molecule has 1 aromatic heterocycles. The molecule has 0 atom stereocenters. The van der Waals surface area contributed by atoms with Crippen molar-refractivity contribution in [2.24, 2.45) is 0 Å². The van der Waals surface area contributed by atoms with E-state index in [1.807, 2.05) is 13.8 Å². The van der Waals surface area contributed by atoms with Crippen molar-refractivity contribution in [3.63, 3.8) is 0 Å². The van der Waals surface area contributed by atoms with Crippen LogP contribution in [0, 0.1) is 0 Å². The molecule has 0 unspecified atom stereocenters. The zero-order valence-corrected chi connectivity index (χ0v) is 9.27. The van der Waals surface area contributed by atoms with Gasteiger partial charge in [0.1, 0.15) is 5.82 Å². The van der Waals surface area contributed by atoms with Gasteiger partial charge in [-0.15, -0.1) is 0 Å². The highest BCUT2D eigenvalue weighted by Crippen LogP contribution is 2.14. The Morgan fingerprint density at radius 3 is 2.56 bits per heavy atom. The van der Waals surface area contributed by atoms with Crippen LogP contribution < -0.4 is 5.32 Å². The number of carbonyl (C=O) groups is 1. The molecule has 6 heteroatoms. The number of aromatic nitrogens is 2. The van der Waals surface area contributed by atoms with Gasteiger partial charge in [0, 0.05) is 12.1 Å². The van der Waals surface area contributed by atoms with E-state index in [0.29, 0.717) is 12.2 Å². The number of aliphatic hydroxyl groups is 1. The molecule has 0 aliphatic rings. The fourth-order valence-corrected chi connectivity index (χ4v) is 1.19. The van der Waals surface area contributed by atoms with Gasteiger partial charge in [-0.3, -0.25) is 0 Å². The Labute approximate surface area is 93.4 Å². The zero-order valence-electron chi connectivity index (χ0n) is 9.27. The van der Waals surface area contributed by atoms with Crippen molar-refractivity contribution < 1.29 is 15.0 Å². The molecule has 16 heavy (non-hydrogen) atoms. The minimum atomic E-state index is -1.10. The second-order valence-electron chi connectivity index (χ2n) is 4.07. The maximum Gasteiger partial charge on any atom is 0.356 e. The van der Waals surface area contributed by atoms with Crippen molar-refractivity contribution in [1.82, 2.24) is 9.97 Å². The number of anilines is 1. The average Bonchev–Trinajstić information content (AvgIpc) is 2.17. The maximum atomic E-state index is 10.5. The SMILES string of the molecule is CC(C)(CCO)Nc1cnc(C(=O)O)cn1. The molecular formula is C10H15N3O3. The molecule has 0 aliphatic carbocycles. The summed E-state index contributed by atoms with van der Waals surface area (Å²) in [5.74, 6) is -0.614. The van der Waals surface area contributed by atoms with Crippen molar-refractivity contribution >= 4 is 11.8 Å². The Kier molecular flexibility index (Phi) is 3.78. The van der Waals surface area contributed by atoms with Crippen LogP contribution in [0.1, 0.15) is 30.8 Å². The highest BCUT2D eigenvalue weighted by atomic mass is 16.4. The van der Waals surface area contributed by atoms with E-state index in [1.165, 1.54) is 12.4 Å². The van der Waals surface area contributed by atoms with Crippen LogP contribution in [0.25, 0.3) is 0 Å². The molecule has 0 saturated carbocycles. The first-order valence-electron chi connectivity index (χ1n) is 4.89. The van der Waals surface area contributed by atoms with Crippen LogP contribution >= 0.6 is 0 Å². The summed E-state index contributed by atoms with van der Waals surface area (Å²) in [4.78, 5) is 18.2. The smallest absolute Gasteiger partial charge is 0.356 e. The lowest BCUT2D eigenvalue weighted by Gasteiger charge is -2.25. The van der Waals surface area contributed by atoms with Crippen LogP contribution in [0.3, 0.4) is 0 Å². The van der Waals surface area contributed by atoms with Crippen LogP contribution in [0.15, 0.2) is 12.4 Å². The minimum Gasteiger partial charge on any atom is -0.476 e. The third-order valence-electron chi connectivity index (χ3n) is 2.07. The van der Waals surface area contributed by atoms with Crippen LogP contribution in [0.5, 0.6) is 0 Å². The first kappa shape index (κ1) is 12.4. The van der Waals surface area contributed by atoms with Gasteiger partial charge >= 0.3 is 5.97 Å². The summed E-state index contributed by atoms with van der Waals surface area (Å²) in [6.45, 7) is 3.90. The Bertz CT molecular complexity index is 362. The predicted molar refractivity (Wildman–Crippen MR) is 58.4 cm³/mol. The molecule has 0 radical (unpaired) electrons. The highest BCUT2D eigenvalue weighted by molar-refractivity contribution is 5.84. The van der Waals surface area contributed by atoms with Crippen molar-refractivity contribution in [1.29, 1.82) is 0 Å². The monoisotopic (exact) mass is 225 g/mol. The van der Waals surface area contributed by atoms with Gasteiger partial charge in [-0.1, -0.05) is 0 Å². The normalized spacial score (nSPS) is 11.2. The quantitative estimate of drug-likeness (QED) is 0.684. The molecule has 0 aromatic carbocycles. The molecule has 3 N–H and O–H groups in total. The van der Waals surface area contributed by atoms with Crippen LogP contribution in [-0.2, 0) is 0 Å². The molecule has 0 saturated heterocycles. The van der Waals surface area contributed by atoms with Gasteiger partial charge in [0.15, 0.2) is 5.69 Å². The molecule has 0 amide bonds. The topological polar surface area (TPSA) is 95.3 Å². The van der Waals surface area contributed by atoms with Crippen molar-refractivity contribution in [2.45, 2.75) is 25.8 Å². The van der Waals surface area contributed by atoms with E-state index in [0.717, 1.165) is 0 Å². The van der Waals surface area contributed by atoms with Gasteiger partial charge in [-0.05, 0) is 20.3 Å². The molecule has 0 fully saturated rings. The number of rotatable bonds is 5. The first-order chi connectivity index (χ1) is 7.44. The number of nitrogens with zero attached hydrogens (tertiary/aromatic N) is 2. The second kappa shape index (κ2) is 4.89. The number of hydrogen-bond acceptors (Lipinski definition) is 5. The number of carboxylic acid groups (broad SMARTS) is 1. The van der Waals surface area contributed by atoms with Crippen LogP contribution in [0.4, 0.5) is 5.82 Å². The fourth-order valence-electron chi connectivity index (χ4n) is 1.19. The molecule has 1 heterocycles. The van der Waals surface area contributed by atoms with Gasteiger partial charge in [-0.25, -0.2) is 14.8 Å². The third kappa shape index (κ3) is 3.47. The summed E-state index contributed by atoms with van der Waals surface area (Å²) in [5.41, 5.74) is -0.403. The van der Waals surface area contributed by atoms with E-state index >= 15 is 0 Å². The lowest BCUT2D eigenvalue weighted by molar-refractivity contribution is 0.0690. The third-order valence-corrected chi connectivity index (χ3v) is 2.07. The standard InChI is InChI=1S/C10H15N3O3/c1-10(2,3-4-14)13-8-6-11-7(5-12-8)9(15)16/h5-6,14H,3-4H2,1-2H3,(H,12,13)(H,15,16). The summed E-state index contributed by atoms with van der Waals surface area (Å²) in [6, 6.07) is 0. The molecule has 0 spiro atoms. The van der Waals surface area contributed by atoms with E-state index in [1.54, 1.807) is 0 Å². The predicted octanol–water partition coefficient (Wildman–Crippen LogP) is 0.748. The molecule has 1 aromatic rings. The highest BCUT2D eigenvalue weighted by Gasteiger charge is 2.17. The zero-order chi connectivity index (χ0) is 12.2. The number of aromatic carboxylic acids is 1. The maximum absolute atomic E-state index is 10.5. The molecule has 0 aliphatic heterocycles. The Hall–Kier alpha value is -1.69. The Morgan fingerprint density at radius 1 is 1.44 bits per heavy atom. The van der Waals surface area contributed by atoms with E-state index < -0.39 is 5.97 Å². The molecule has 0 bridgehead atoms. The molecule has 88 valence electrons. The van der Waals surface area contributed by atoms with Crippen molar-refractivity contribution in [3.05, 3.63) is 18.1 Å². The largest absolute Gasteiger partial charge is 0.476 e. The average molecular weight is 225 g/mol.